The minimum Gasteiger partial charge on any atom is -0.468 e. The highest BCUT2D eigenvalue weighted by Gasteiger charge is 2.17. The number of esters is 1. The summed E-state index contributed by atoms with van der Waals surface area (Å²) in [6.45, 7) is 3.71. The molecule has 0 aliphatic rings. The molecule has 0 radical (unpaired) electrons. The van der Waals surface area contributed by atoms with E-state index in [0.717, 1.165) is 10.0 Å². The van der Waals surface area contributed by atoms with E-state index in [9.17, 15) is 4.79 Å². The molecule has 5 heteroatoms. The lowest BCUT2D eigenvalue weighted by Crippen LogP contribution is -2.36. The molecule has 0 fully saturated rings. The van der Waals surface area contributed by atoms with Crippen LogP contribution in [0.25, 0.3) is 0 Å². The second kappa shape index (κ2) is 6.38. The molecule has 0 aromatic heterocycles. The molecule has 3 nitrogen and oxygen atoms in total. The molecule has 0 aliphatic carbocycles. The van der Waals surface area contributed by atoms with Gasteiger partial charge in [-0.15, -0.1) is 0 Å². The Labute approximate surface area is 115 Å². The maximum absolute atomic E-state index is 11.3. The summed E-state index contributed by atoms with van der Waals surface area (Å²) in [6.07, 6.45) is 0. The molecular formula is C12H15BrClNO2. The Balaban J connectivity index is 2.76. The Bertz CT molecular complexity index is 411. The van der Waals surface area contributed by atoms with Gasteiger partial charge in [0.15, 0.2) is 0 Å². The summed E-state index contributed by atoms with van der Waals surface area (Å²) in [7, 11) is 1.37. The van der Waals surface area contributed by atoms with E-state index in [-0.39, 0.29) is 18.1 Å². The number of carbonyl (C=O) groups is 1. The van der Waals surface area contributed by atoms with Gasteiger partial charge in [-0.2, -0.15) is 0 Å². The molecule has 1 aromatic carbocycles. The molecule has 94 valence electrons. The van der Waals surface area contributed by atoms with Crippen LogP contribution in [0.5, 0.6) is 0 Å². The van der Waals surface area contributed by atoms with E-state index in [0.29, 0.717) is 5.02 Å². The summed E-state index contributed by atoms with van der Waals surface area (Å²) < 4.78 is 5.59. The third kappa shape index (κ3) is 3.98. The minimum absolute atomic E-state index is 0.0234. The summed E-state index contributed by atoms with van der Waals surface area (Å²) in [5, 5.41) is 3.80. The molecule has 0 saturated heterocycles. The monoisotopic (exact) mass is 319 g/mol. The van der Waals surface area contributed by atoms with Gasteiger partial charge >= 0.3 is 5.97 Å². The number of methoxy groups -OCH3 is 1. The van der Waals surface area contributed by atoms with Crippen LogP contribution in [0.1, 0.15) is 25.5 Å². The molecule has 0 saturated carbocycles. The maximum Gasteiger partial charge on any atom is 0.322 e. The highest BCUT2D eigenvalue weighted by Crippen LogP contribution is 2.26. The van der Waals surface area contributed by atoms with Crippen molar-refractivity contribution in [2.45, 2.75) is 25.9 Å². The van der Waals surface area contributed by atoms with Crippen molar-refractivity contribution in [3.05, 3.63) is 33.3 Å². The van der Waals surface area contributed by atoms with Crippen molar-refractivity contribution in [2.24, 2.45) is 0 Å². The van der Waals surface area contributed by atoms with Crippen molar-refractivity contribution >= 4 is 33.5 Å². The van der Waals surface area contributed by atoms with Crippen LogP contribution in [0.3, 0.4) is 0 Å². The molecule has 0 heterocycles. The predicted molar refractivity (Wildman–Crippen MR) is 72.2 cm³/mol. The lowest BCUT2D eigenvalue weighted by Gasteiger charge is -2.19. The Morgan fingerprint density at radius 2 is 2.12 bits per heavy atom. The van der Waals surface area contributed by atoms with Crippen molar-refractivity contribution in [1.29, 1.82) is 0 Å². The van der Waals surface area contributed by atoms with E-state index in [1.54, 1.807) is 6.92 Å². The maximum atomic E-state index is 11.3. The van der Waals surface area contributed by atoms with Crippen LogP contribution in [-0.2, 0) is 9.53 Å². The lowest BCUT2D eigenvalue weighted by atomic mass is 10.1. The predicted octanol–water partition coefficient (Wildman–Crippen LogP) is 3.31. The highest BCUT2D eigenvalue weighted by atomic mass is 79.9. The zero-order valence-corrected chi connectivity index (χ0v) is 12.3. The van der Waals surface area contributed by atoms with Crippen molar-refractivity contribution in [1.82, 2.24) is 5.32 Å². The fourth-order valence-electron chi connectivity index (χ4n) is 1.56. The van der Waals surface area contributed by atoms with Crippen molar-refractivity contribution in [3.8, 4) is 0 Å². The largest absolute Gasteiger partial charge is 0.468 e. The van der Waals surface area contributed by atoms with Gasteiger partial charge in [0.05, 0.1) is 7.11 Å². The third-order valence-corrected chi connectivity index (χ3v) is 3.30. The molecule has 0 amide bonds. The van der Waals surface area contributed by atoms with Crippen molar-refractivity contribution < 1.29 is 9.53 Å². The van der Waals surface area contributed by atoms with Crippen LogP contribution in [-0.4, -0.2) is 19.1 Å². The van der Waals surface area contributed by atoms with Gasteiger partial charge in [-0.25, -0.2) is 0 Å². The van der Waals surface area contributed by atoms with E-state index in [2.05, 4.69) is 26.0 Å². The molecular weight excluding hydrogens is 305 g/mol. The van der Waals surface area contributed by atoms with E-state index in [4.69, 9.17) is 11.6 Å². The van der Waals surface area contributed by atoms with Crippen LogP contribution in [0.2, 0.25) is 5.02 Å². The average Bonchev–Trinajstić information content (AvgIpc) is 2.27. The zero-order chi connectivity index (χ0) is 13.0. The molecule has 0 aliphatic heterocycles. The van der Waals surface area contributed by atoms with Crippen LogP contribution < -0.4 is 5.32 Å². The number of rotatable bonds is 4. The number of halogens is 2. The molecule has 0 spiro atoms. The smallest absolute Gasteiger partial charge is 0.322 e. The van der Waals surface area contributed by atoms with E-state index in [1.807, 2.05) is 25.1 Å². The highest BCUT2D eigenvalue weighted by molar-refractivity contribution is 9.10. The van der Waals surface area contributed by atoms with Crippen LogP contribution in [0.15, 0.2) is 22.7 Å². The normalized spacial score (nSPS) is 14.2. The lowest BCUT2D eigenvalue weighted by molar-refractivity contribution is -0.142. The van der Waals surface area contributed by atoms with Gasteiger partial charge in [0.2, 0.25) is 0 Å². The Hall–Kier alpha value is -0.580. The van der Waals surface area contributed by atoms with E-state index < -0.39 is 0 Å². The van der Waals surface area contributed by atoms with Crippen molar-refractivity contribution in [3.63, 3.8) is 0 Å². The first-order valence-electron chi connectivity index (χ1n) is 5.24. The van der Waals surface area contributed by atoms with Crippen LogP contribution >= 0.6 is 27.5 Å². The second-order valence-electron chi connectivity index (χ2n) is 3.80. The molecule has 0 bridgehead atoms. The van der Waals surface area contributed by atoms with E-state index in [1.165, 1.54) is 7.11 Å². The van der Waals surface area contributed by atoms with E-state index >= 15 is 0 Å². The van der Waals surface area contributed by atoms with Crippen LogP contribution in [0.4, 0.5) is 0 Å². The second-order valence-corrected chi connectivity index (χ2v) is 5.12. The summed E-state index contributed by atoms with van der Waals surface area (Å²) >= 11 is 9.49. The molecule has 2 atom stereocenters. The minimum atomic E-state index is -0.366. The fourth-order valence-corrected chi connectivity index (χ4v) is 2.40. The Morgan fingerprint density at radius 3 is 2.65 bits per heavy atom. The average molecular weight is 321 g/mol. The Morgan fingerprint density at radius 1 is 1.47 bits per heavy atom. The van der Waals surface area contributed by atoms with Crippen LogP contribution in [0, 0.1) is 0 Å². The third-order valence-electron chi connectivity index (χ3n) is 2.48. The zero-order valence-electron chi connectivity index (χ0n) is 9.96. The first-order chi connectivity index (χ1) is 7.95. The Kier molecular flexibility index (Phi) is 5.43. The number of hydrogen-bond acceptors (Lipinski definition) is 3. The number of nitrogens with one attached hydrogen (secondary N) is 1. The van der Waals surface area contributed by atoms with Gasteiger partial charge < -0.3 is 4.74 Å². The summed E-state index contributed by atoms with van der Waals surface area (Å²) in [5.41, 5.74) is 0.950. The SMILES string of the molecule is COC(=O)[C@H](C)NC(C)c1ccc(Br)cc1Cl. The van der Waals surface area contributed by atoms with Crippen molar-refractivity contribution in [2.75, 3.05) is 7.11 Å². The van der Waals surface area contributed by atoms with Gasteiger partial charge in [0.1, 0.15) is 6.04 Å². The summed E-state index contributed by atoms with van der Waals surface area (Å²) in [6, 6.07) is 5.29. The standard InChI is InChI=1S/C12H15BrClNO2/c1-7(15-8(2)12(16)17-3)10-5-4-9(13)6-11(10)14/h4-8,15H,1-3H3/t7?,8-/m0/s1. The molecule has 17 heavy (non-hydrogen) atoms. The molecule has 1 rings (SSSR count). The number of carbonyl (C=O) groups excluding carboxylic acids is 1. The fraction of sp³-hybridized carbons (Fsp3) is 0.417. The van der Waals surface area contributed by atoms with Gasteiger partial charge in [0, 0.05) is 15.5 Å². The molecule has 1 N–H and O–H groups in total. The molecule has 1 aromatic rings. The number of hydrogen-bond donors (Lipinski definition) is 1. The topological polar surface area (TPSA) is 38.3 Å². The van der Waals surface area contributed by atoms with Gasteiger partial charge in [-0.05, 0) is 31.5 Å². The summed E-state index contributed by atoms with van der Waals surface area (Å²) in [5.74, 6) is -0.287. The number of ether oxygens (including phenoxy) is 1. The first kappa shape index (κ1) is 14.5. The quantitative estimate of drug-likeness (QED) is 0.865. The van der Waals surface area contributed by atoms with Gasteiger partial charge in [-0.3, -0.25) is 10.1 Å². The van der Waals surface area contributed by atoms with Gasteiger partial charge in [0.25, 0.3) is 0 Å². The summed E-state index contributed by atoms with van der Waals surface area (Å²) in [4.78, 5) is 11.3. The van der Waals surface area contributed by atoms with Gasteiger partial charge in [-0.1, -0.05) is 33.6 Å². The first-order valence-corrected chi connectivity index (χ1v) is 6.41. The molecule has 1 unspecified atom stereocenters. The number of benzene rings is 1.